The van der Waals surface area contributed by atoms with Crippen molar-refractivity contribution in [2.45, 2.75) is 6.92 Å². The number of hydrogen-bond donors (Lipinski definition) is 1. The molecule has 7 heteroatoms. The van der Waals surface area contributed by atoms with Gasteiger partial charge in [-0.05, 0) is 46.6 Å². The van der Waals surface area contributed by atoms with Crippen LogP contribution in [-0.2, 0) is 0 Å². The molecular formula is C14H10Br2N2O3. The Morgan fingerprint density at radius 1 is 1.14 bits per heavy atom. The second-order valence-electron chi connectivity index (χ2n) is 4.34. The fourth-order valence-electron chi connectivity index (χ4n) is 1.65. The summed E-state index contributed by atoms with van der Waals surface area (Å²) in [6.45, 7) is 1.93. The third-order valence-electron chi connectivity index (χ3n) is 2.85. The average Bonchev–Trinajstić information content (AvgIpc) is 2.43. The minimum atomic E-state index is -0.493. The summed E-state index contributed by atoms with van der Waals surface area (Å²) in [5.41, 5.74) is 1.96. The van der Waals surface area contributed by atoms with Gasteiger partial charge in [0, 0.05) is 26.6 Å². The van der Waals surface area contributed by atoms with Gasteiger partial charge in [0.05, 0.1) is 10.6 Å². The number of nitrogens with one attached hydrogen (secondary N) is 1. The van der Waals surface area contributed by atoms with Crippen LogP contribution in [0, 0.1) is 17.0 Å². The Kier molecular flexibility index (Phi) is 4.74. The van der Waals surface area contributed by atoms with Gasteiger partial charge in [-0.25, -0.2) is 0 Å². The number of carbonyl (C=O) groups is 1. The molecule has 1 amide bonds. The summed E-state index contributed by atoms with van der Waals surface area (Å²) in [6, 6.07) is 9.46. The molecule has 0 aliphatic carbocycles. The number of benzene rings is 2. The molecule has 2 aromatic rings. The second kappa shape index (κ2) is 6.36. The van der Waals surface area contributed by atoms with Gasteiger partial charge in [-0.3, -0.25) is 14.9 Å². The van der Waals surface area contributed by atoms with E-state index in [1.54, 1.807) is 12.1 Å². The van der Waals surface area contributed by atoms with Crippen molar-refractivity contribution in [1.29, 1.82) is 0 Å². The fourth-order valence-corrected chi connectivity index (χ4v) is 2.49. The van der Waals surface area contributed by atoms with E-state index in [2.05, 4.69) is 37.2 Å². The van der Waals surface area contributed by atoms with Crippen molar-refractivity contribution in [3.8, 4) is 0 Å². The monoisotopic (exact) mass is 412 g/mol. The molecule has 0 saturated heterocycles. The van der Waals surface area contributed by atoms with E-state index < -0.39 is 4.92 Å². The predicted octanol–water partition coefficient (Wildman–Crippen LogP) is 4.68. The van der Waals surface area contributed by atoms with Crippen LogP contribution in [0.5, 0.6) is 0 Å². The van der Waals surface area contributed by atoms with Crippen molar-refractivity contribution in [3.05, 3.63) is 66.6 Å². The fraction of sp³-hybridized carbons (Fsp3) is 0.0714. The maximum atomic E-state index is 12.2. The van der Waals surface area contributed by atoms with Crippen molar-refractivity contribution in [3.63, 3.8) is 0 Å². The number of carbonyl (C=O) groups excluding carboxylic acids is 1. The van der Waals surface area contributed by atoms with Gasteiger partial charge in [0.15, 0.2) is 0 Å². The predicted molar refractivity (Wildman–Crippen MR) is 87.6 cm³/mol. The van der Waals surface area contributed by atoms with Gasteiger partial charge in [-0.2, -0.15) is 0 Å². The lowest BCUT2D eigenvalue weighted by molar-refractivity contribution is -0.384. The Balaban J connectivity index is 2.23. The number of hydrogen-bond acceptors (Lipinski definition) is 3. The molecule has 0 spiro atoms. The Labute approximate surface area is 137 Å². The second-order valence-corrected chi connectivity index (χ2v) is 6.05. The topological polar surface area (TPSA) is 72.2 Å². The first-order valence-electron chi connectivity index (χ1n) is 5.90. The van der Waals surface area contributed by atoms with Gasteiger partial charge in [0.2, 0.25) is 0 Å². The lowest BCUT2D eigenvalue weighted by Gasteiger charge is -2.08. The van der Waals surface area contributed by atoms with Crippen LogP contribution < -0.4 is 5.32 Å². The number of nitrogens with zero attached hydrogens (tertiary/aromatic N) is 1. The first-order chi connectivity index (χ1) is 9.88. The lowest BCUT2D eigenvalue weighted by atomic mass is 10.1. The van der Waals surface area contributed by atoms with Crippen LogP contribution in [0.3, 0.4) is 0 Å². The maximum Gasteiger partial charge on any atom is 0.270 e. The molecule has 0 saturated carbocycles. The number of amides is 1. The third-order valence-corrected chi connectivity index (χ3v) is 4.36. The summed E-state index contributed by atoms with van der Waals surface area (Å²) in [6.07, 6.45) is 0. The Bertz CT molecular complexity index is 732. The zero-order chi connectivity index (χ0) is 15.6. The van der Waals surface area contributed by atoms with E-state index in [1.165, 1.54) is 18.2 Å². The molecule has 0 unspecified atom stereocenters. The zero-order valence-electron chi connectivity index (χ0n) is 10.9. The van der Waals surface area contributed by atoms with Gasteiger partial charge in [0.1, 0.15) is 0 Å². The van der Waals surface area contributed by atoms with E-state index in [0.717, 1.165) is 10.0 Å². The molecule has 0 aliphatic heterocycles. The highest BCUT2D eigenvalue weighted by Gasteiger charge is 2.13. The Morgan fingerprint density at radius 3 is 2.43 bits per heavy atom. The van der Waals surface area contributed by atoms with E-state index in [-0.39, 0.29) is 11.6 Å². The average molecular weight is 414 g/mol. The highest BCUT2D eigenvalue weighted by atomic mass is 79.9. The molecule has 0 aromatic heterocycles. The van der Waals surface area contributed by atoms with E-state index in [9.17, 15) is 14.9 Å². The minimum Gasteiger partial charge on any atom is -0.321 e. The molecule has 5 nitrogen and oxygen atoms in total. The van der Waals surface area contributed by atoms with Gasteiger partial charge >= 0.3 is 0 Å². The van der Waals surface area contributed by atoms with Crippen molar-refractivity contribution in [1.82, 2.24) is 0 Å². The third kappa shape index (κ3) is 3.68. The maximum absolute atomic E-state index is 12.2. The van der Waals surface area contributed by atoms with Crippen LogP contribution in [0.1, 0.15) is 15.9 Å². The van der Waals surface area contributed by atoms with Crippen LogP contribution in [0.2, 0.25) is 0 Å². The van der Waals surface area contributed by atoms with Gasteiger partial charge < -0.3 is 5.32 Å². The molecule has 2 rings (SSSR count). The highest BCUT2D eigenvalue weighted by molar-refractivity contribution is 9.11. The molecule has 0 fully saturated rings. The first-order valence-corrected chi connectivity index (χ1v) is 7.48. The van der Waals surface area contributed by atoms with E-state index in [1.807, 2.05) is 13.0 Å². The largest absolute Gasteiger partial charge is 0.321 e. The van der Waals surface area contributed by atoms with Crippen LogP contribution in [0.15, 0.2) is 45.3 Å². The molecule has 2 aromatic carbocycles. The molecule has 0 aliphatic rings. The molecule has 0 atom stereocenters. The minimum absolute atomic E-state index is 0.0436. The smallest absolute Gasteiger partial charge is 0.270 e. The van der Waals surface area contributed by atoms with Gasteiger partial charge in [-0.1, -0.05) is 22.0 Å². The van der Waals surface area contributed by atoms with E-state index in [4.69, 9.17) is 0 Å². The highest BCUT2D eigenvalue weighted by Crippen LogP contribution is 2.27. The van der Waals surface area contributed by atoms with Crippen molar-refractivity contribution in [2.75, 3.05) is 5.32 Å². The number of anilines is 1. The number of nitro groups is 1. The normalized spacial score (nSPS) is 10.2. The molecule has 108 valence electrons. The quantitative estimate of drug-likeness (QED) is 0.586. The summed E-state index contributed by atoms with van der Waals surface area (Å²) in [5.74, 6) is -0.287. The number of halogens is 2. The summed E-state index contributed by atoms with van der Waals surface area (Å²) in [4.78, 5) is 22.3. The van der Waals surface area contributed by atoms with Crippen LogP contribution in [-0.4, -0.2) is 10.8 Å². The standard InChI is InChI=1S/C14H10Br2N2O3/c1-8-2-3-9(6-11(8)15)14(19)17-13-5-4-10(18(20)21)7-12(13)16/h2-7H,1H3,(H,17,19). The number of aryl methyl sites for hydroxylation is 1. The van der Waals surface area contributed by atoms with Gasteiger partial charge in [0.25, 0.3) is 11.6 Å². The van der Waals surface area contributed by atoms with Gasteiger partial charge in [-0.15, -0.1) is 0 Å². The number of nitro benzene ring substituents is 1. The Morgan fingerprint density at radius 2 is 1.86 bits per heavy atom. The zero-order valence-corrected chi connectivity index (χ0v) is 14.1. The summed E-state index contributed by atoms with van der Waals surface area (Å²) in [5, 5.41) is 13.4. The summed E-state index contributed by atoms with van der Waals surface area (Å²) in [7, 11) is 0. The summed E-state index contributed by atoms with van der Waals surface area (Å²) < 4.78 is 1.30. The number of rotatable bonds is 3. The van der Waals surface area contributed by atoms with Crippen molar-refractivity contribution in [2.24, 2.45) is 0 Å². The van der Waals surface area contributed by atoms with E-state index >= 15 is 0 Å². The van der Waals surface area contributed by atoms with E-state index in [0.29, 0.717) is 15.7 Å². The molecule has 1 N–H and O–H groups in total. The van der Waals surface area contributed by atoms with Crippen LogP contribution >= 0.6 is 31.9 Å². The number of non-ortho nitro benzene ring substituents is 1. The first kappa shape index (κ1) is 15.7. The molecule has 0 radical (unpaired) electrons. The molecule has 21 heavy (non-hydrogen) atoms. The van der Waals surface area contributed by atoms with Crippen LogP contribution in [0.25, 0.3) is 0 Å². The van der Waals surface area contributed by atoms with Crippen LogP contribution in [0.4, 0.5) is 11.4 Å². The Hall–Kier alpha value is -1.73. The molecule has 0 heterocycles. The SMILES string of the molecule is Cc1ccc(C(=O)Nc2ccc([N+](=O)[O-])cc2Br)cc1Br. The van der Waals surface area contributed by atoms with Crippen molar-refractivity contribution < 1.29 is 9.72 Å². The lowest BCUT2D eigenvalue weighted by Crippen LogP contribution is -2.12. The molecule has 0 bridgehead atoms. The van der Waals surface area contributed by atoms with Crippen molar-refractivity contribution >= 4 is 49.1 Å². The molecular weight excluding hydrogens is 404 g/mol. The summed E-state index contributed by atoms with van der Waals surface area (Å²) >= 11 is 6.59.